The molecule has 160 valence electrons. The number of aromatic nitrogens is 1. The van der Waals surface area contributed by atoms with Crippen LogP contribution >= 0.6 is 0 Å². The molecule has 3 rings (SSSR count). The molecule has 0 saturated heterocycles. The second-order valence-electron chi connectivity index (χ2n) is 6.16. The highest BCUT2D eigenvalue weighted by Gasteiger charge is 2.38. The molecule has 0 aliphatic rings. The monoisotopic (exact) mass is 431 g/mol. The van der Waals surface area contributed by atoms with Crippen molar-refractivity contribution in [2.75, 3.05) is 21.3 Å². The lowest BCUT2D eigenvalue weighted by molar-refractivity contribution is -0.142. The van der Waals surface area contributed by atoms with Crippen LogP contribution in [0.1, 0.15) is 11.3 Å². The molecule has 0 radical (unpaired) electrons. The van der Waals surface area contributed by atoms with Crippen LogP contribution in [0.5, 0.6) is 17.2 Å². The van der Waals surface area contributed by atoms with E-state index in [0.717, 1.165) is 6.07 Å². The highest BCUT2D eigenvalue weighted by Crippen LogP contribution is 2.47. The molecular weight excluding hydrogens is 416 g/mol. The first-order chi connectivity index (χ1) is 14.0. The third-order valence-corrected chi connectivity index (χ3v) is 4.42. The summed E-state index contributed by atoms with van der Waals surface area (Å²) in [5, 5.41) is -0.139. The van der Waals surface area contributed by atoms with Crippen LogP contribution in [0.15, 0.2) is 36.4 Å². The molecule has 0 unspecified atom stereocenters. The number of hydrogen-bond acceptors (Lipinski definition) is 4. The predicted octanol–water partition coefficient (Wildman–Crippen LogP) is 5.97. The molecular formula is C20H15F6NO3. The van der Waals surface area contributed by atoms with Crippen molar-refractivity contribution in [3.8, 4) is 28.4 Å². The first-order valence-corrected chi connectivity index (χ1v) is 8.39. The molecule has 0 spiro atoms. The minimum atomic E-state index is -4.98. The maximum absolute atomic E-state index is 13.5. The summed E-state index contributed by atoms with van der Waals surface area (Å²) in [7, 11) is 3.91. The Morgan fingerprint density at radius 1 is 0.767 bits per heavy atom. The first-order valence-electron chi connectivity index (χ1n) is 8.39. The van der Waals surface area contributed by atoms with Gasteiger partial charge >= 0.3 is 12.4 Å². The van der Waals surface area contributed by atoms with Gasteiger partial charge in [-0.2, -0.15) is 26.3 Å². The summed E-state index contributed by atoms with van der Waals surface area (Å²) < 4.78 is 96.6. The Kier molecular flexibility index (Phi) is 5.44. The van der Waals surface area contributed by atoms with E-state index < -0.39 is 29.1 Å². The van der Waals surface area contributed by atoms with Crippen LogP contribution in [0.3, 0.4) is 0 Å². The topological polar surface area (TPSA) is 40.6 Å². The Bertz CT molecular complexity index is 1070. The summed E-state index contributed by atoms with van der Waals surface area (Å²) in [6, 6.07) is 6.51. The molecule has 2 aromatic carbocycles. The first kappa shape index (κ1) is 21.5. The molecule has 30 heavy (non-hydrogen) atoms. The lowest BCUT2D eigenvalue weighted by Crippen LogP contribution is -2.12. The number of halogens is 6. The lowest BCUT2D eigenvalue weighted by Gasteiger charge is -2.19. The van der Waals surface area contributed by atoms with Gasteiger partial charge in [0.25, 0.3) is 0 Å². The number of ether oxygens (including phenoxy) is 3. The van der Waals surface area contributed by atoms with E-state index in [4.69, 9.17) is 14.2 Å². The van der Waals surface area contributed by atoms with Crippen molar-refractivity contribution in [1.82, 2.24) is 4.98 Å². The van der Waals surface area contributed by atoms with Gasteiger partial charge in [-0.3, -0.25) is 0 Å². The lowest BCUT2D eigenvalue weighted by atomic mass is 9.96. The van der Waals surface area contributed by atoms with Crippen LogP contribution in [0.2, 0.25) is 0 Å². The third-order valence-electron chi connectivity index (χ3n) is 4.42. The maximum Gasteiger partial charge on any atom is 0.433 e. The fourth-order valence-corrected chi connectivity index (χ4v) is 3.10. The number of nitrogens with zero attached hydrogens (tertiary/aromatic N) is 1. The summed E-state index contributed by atoms with van der Waals surface area (Å²) in [4.78, 5) is 3.29. The molecule has 4 nitrogen and oxygen atoms in total. The van der Waals surface area contributed by atoms with Crippen molar-refractivity contribution in [2.24, 2.45) is 0 Å². The van der Waals surface area contributed by atoms with Crippen molar-refractivity contribution >= 4 is 10.9 Å². The average Bonchev–Trinajstić information content (AvgIpc) is 2.69. The van der Waals surface area contributed by atoms with E-state index in [0.29, 0.717) is 12.1 Å². The molecule has 0 aliphatic heterocycles. The van der Waals surface area contributed by atoms with Gasteiger partial charge in [-0.25, -0.2) is 4.98 Å². The normalized spacial score (nSPS) is 12.2. The van der Waals surface area contributed by atoms with Crippen molar-refractivity contribution in [1.29, 1.82) is 0 Å². The van der Waals surface area contributed by atoms with Crippen molar-refractivity contribution in [3.05, 3.63) is 47.7 Å². The van der Waals surface area contributed by atoms with Gasteiger partial charge in [-0.1, -0.05) is 12.1 Å². The molecule has 0 saturated carbocycles. The number of alkyl halides is 6. The van der Waals surface area contributed by atoms with Crippen LogP contribution in [0, 0.1) is 0 Å². The average molecular weight is 431 g/mol. The Balaban J connectivity index is 2.51. The number of rotatable bonds is 4. The number of benzene rings is 2. The zero-order valence-electron chi connectivity index (χ0n) is 15.9. The van der Waals surface area contributed by atoms with Gasteiger partial charge in [0.15, 0.2) is 0 Å². The van der Waals surface area contributed by atoms with Gasteiger partial charge in [0.2, 0.25) is 0 Å². The highest BCUT2D eigenvalue weighted by atomic mass is 19.4. The van der Waals surface area contributed by atoms with Gasteiger partial charge in [0.05, 0.1) is 38.0 Å². The summed E-state index contributed by atoms with van der Waals surface area (Å²) in [6.07, 6.45) is -9.88. The largest absolute Gasteiger partial charge is 0.496 e. The second-order valence-corrected chi connectivity index (χ2v) is 6.16. The third kappa shape index (κ3) is 3.81. The Labute approximate surface area is 167 Å². The molecule has 0 amide bonds. The van der Waals surface area contributed by atoms with Crippen LogP contribution < -0.4 is 14.2 Å². The SMILES string of the molecule is COc1cc(OC)c(-c2cc(C(F)(F)F)nc3c(C(F)(F)F)cccc23)c(OC)c1. The van der Waals surface area contributed by atoms with Crippen LogP contribution in [0.4, 0.5) is 26.3 Å². The molecule has 0 atom stereocenters. The number of hydrogen-bond donors (Lipinski definition) is 0. The van der Waals surface area contributed by atoms with E-state index >= 15 is 0 Å². The fraction of sp³-hybridized carbons (Fsp3) is 0.250. The molecule has 0 fully saturated rings. The highest BCUT2D eigenvalue weighted by molar-refractivity contribution is 5.99. The molecule has 1 heterocycles. The molecule has 3 aromatic rings. The van der Waals surface area contributed by atoms with E-state index in [9.17, 15) is 26.3 Å². The van der Waals surface area contributed by atoms with E-state index in [-0.39, 0.29) is 33.8 Å². The number of methoxy groups -OCH3 is 3. The second kappa shape index (κ2) is 7.58. The quantitative estimate of drug-likeness (QED) is 0.478. The number of para-hydroxylation sites is 1. The Hall–Kier alpha value is -3.17. The smallest absolute Gasteiger partial charge is 0.433 e. The summed E-state index contributed by atoms with van der Waals surface area (Å²) in [6.45, 7) is 0. The number of pyridine rings is 1. The zero-order valence-corrected chi connectivity index (χ0v) is 15.9. The molecule has 0 aliphatic carbocycles. The van der Waals surface area contributed by atoms with Gasteiger partial charge in [-0.15, -0.1) is 0 Å². The minimum Gasteiger partial charge on any atom is -0.496 e. The molecule has 0 N–H and O–H groups in total. The predicted molar refractivity (Wildman–Crippen MR) is 96.8 cm³/mol. The van der Waals surface area contributed by atoms with Gasteiger partial charge in [-0.05, 0) is 12.1 Å². The van der Waals surface area contributed by atoms with Crippen molar-refractivity contribution < 1.29 is 40.6 Å². The standard InChI is InChI=1S/C20H15F6NO3/c1-28-10-7-14(29-2)17(15(8-10)30-3)12-9-16(20(24,25)26)27-18-11(12)5-4-6-13(18)19(21,22)23/h4-9H,1-3H3. The van der Waals surface area contributed by atoms with Crippen LogP contribution in [0.25, 0.3) is 22.0 Å². The van der Waals surface area contributed by atoms with E-state index in [2.05, 4.69) is 4.98 Å². The molecule has 1 aromatic heterocycles. The van der Waals surface area contributed by atoms with Gasteiger partial charge in [0.1, 0.15) is 22.9 Å². The fourth-order valence-electron chi connectivity index (χ4n) is 3.10. The van der Waals surface area contributed by atoms with Crippen molar-refractivity contribution in [3.63, 3.8) is 0 Å². The Morgan fingerprint density at radius 3 is 1.83 bits per heavy atom. The van der Waals surface area contributed by atoms with Crippen LogP contribution in [-0.2, 0) is 12.4 Å². The molecule has 10 heteroatoms. The minimum absolute atomic E-state index is 0.0398. The molecule has 0 bridgehead atoms. The zero-order chi connectivity index (χ0) is 22.3. The van der Waals surface area contributed by atoms with E-state index in [1.165, 1.54) is 39.5 Å². The van der Waals surface area contributed by atoms with E-state index in [1.807, 2.05) is 0 Å². The Morgan fingerprint density at radius 2 is 1.37 bits per heavy atom. The van der Waals surface area contributed by atoms with Gasteiger partial charge in [0, 0.05) is 23.1 Å². The van der Waals surface area contributed by atoms with Gasteiger partial charge < -0.3 is 14.2 Å². The van der Waals surface area contributed by atoms with Crippen molar-refractivity contribution in [2.45, 2.75) is 12.4 Å². The van der Waals surface area contributed by atoms with Crippen LogP contribution in [-0.4, -0.2) is 26.3 Å². The summed E-state index contributed by atoms with van der Waals surface area (Å²) in [5.74, 6) is 0.409. The van der Waals surface area contributed by atoms with E-state index in [1.54, 1.807) is 0 Å². The number of fused-ring (bicyclic) bond motifs is 1. The summed E-state index contributed by atoms with van der Waals surface area (Å²) in [5.41, 5.74) is -3.71. The summed E-state index contributed by atoms with van der Waals surface area (Å²) >= 11 is 0. The maximum atomic E-state index is 13.5.